The van der Waals surface area contributed by atoms with Crippen LogP contribution < -0.4 is 0 Å². The molecule has 2 saturated heterocycles. The van der Waals surface area contributed by atoms with Crippen LogP contribution >= 0.6 is 0 Å². The van der Waals surface area contributed by atoms with Crippen molar-refractivity contribution in [1.82, 2.24) is 4.90 Å². The summed E-state index contributed by atoms with van der Waals surface area (Å²) in [4.78, 5) is 71.6. The molecule has 4 aliphatic rings. The van der Waals surface area contributed by atoms with Gasteiger partial charge in [-0.3, -0.25) is 19.2 Å². The lowest BCUT2D eigenvalue weighted by Crippen LogP contribution is -2.61. The second-order valence-corrected chi connectivity index (χ2v) is 19.9. The Hall–Kier alpha value is -3.37. The number of Topliss-reactive ketones (excluding diaryl/α,β-unsaturated/α-hetero) is 3. The fourth-order valence-electron chi connectivity index (χ4n) is 10.3. The Balaban J connectivity index is 1.70. The van der Waals surface area contributed by atoms with Crippen LogP contribution in [0.4, 0.5) is 0 Å². The number of carbonyl (C=O) groups is 5. The molecule has 1 unspecified atom stereocenters. The fraction of sp³-hybridized carbons (Fsp3) is 0.745. The molecule has 2 bridgehead atoms. The van der Waals surface area contributed by atoms with E-state index >= 15 is 0 Å². The second kappa shape index (κ2) is 25.1. The lowest BCUT2D eigenvalue weighted by Gasteiger charge is -2.42. The highest BCUT2D eigenvalue weighted by molar-refractivity contribution is 6.39. The summed E-state index contributed by atoms with van der Waals surface area (Å²) in [6.07, 6.45) is 12.1. The van der Waals surface area contributed by atoms with Crippen LogP contribution in [0.2, 0.25) is 0 Å². The van der Waals surface area contributed by atoms with Gasteiger partial charge in [-0.1, -0.05) is 71.1 Å². The number of nitrogens with zero attached hydrogens (tertiary/aromatic N) is 1. The molecular formula is C51H79NO13. The minimum Gasteiger partial charge on any atom is -0.460 e. The van der Waals surface area contributed by atoms with Gasteiger partial charge in [0.05, 0.1) is 36.9 Å². The van der Waals surface area contributed by atoms with E-state index < -0.39 is 90.3 Å². The van der Waals surface area contributed by atoms with E-state index in [1.807, 2.05) is 51.2 Å². The predicted molar refractivity (Wildman–Crippen MR) is 245 cm³/mol. The van der Waals surface area contributed by atoms with Crippen LogP contribution in [-0.2, 0) is 38.2 Å². The van der Waals surface area contributed by atoms with Crippen molar-refractivity contribution in [2.24, 2.45) is 47.3 Å². The van der Waals surface area contributed by atoms with Crippen molar-refractivity contribution in [3.05, 3.63) is 47.6 Å². The molecule has 0 spiro atoms. The molecular weight excluding hydrogens is 835 g/mol. The maximum absolute atomic E-state index is 14.3. The van der Waals surface area contributed by atoms with Gasteiger partial charge in [0.15, 0.2) is 0 Å². The standard InChI is InChI=1S/C51H79NO13/c1-30-14-10-9-11-15-31(2)44(63-8)26-39-19-17-36(7)51(62,65-39)48(59)49(60)52-21-13-12-16-41(52)50(61)64-45(33(4)24-37-18-20-42(55)38(25-37)28-53)27-43(56)32(3)23-35(6)47(58)40(29-54)46(57)34(5)22-30/h9-11,14-15,23,30,32-34,36-42,44-45,47,53-55,58,62H,12-13,16-22,24-29H2,1-8H3/b11-9?,14-10+,31-15?,35-23+/t30-,32-,33-,34-,36-,37+,38+,39+,40+,41?,42-,44+,45+,47-,51-/m1/s1. The molecule has 1 saturated carbocycles. The molecule has 5 N–H and O–H groups in total. The molecule has 14 heteroatoms. The number of aliphatic hydroxyl groups is 5. The van der Waals surface area contributed by atoms with Crippen LogP contribution in [0, 0.1) is 47.3 Å². The van der Waals surface area contributed by atoms with E-state index in [0.717, 1.165) is 5.57 Å². The Morgan fingerprint density at radius 2 is 1.60 bits per heavy atom. The van der Waals surface area contributed by atoms with Crippen LogP contribution in [0.25, 0.3) is 0 Å². The van der Waals surface area contributed by atoms with Gasteiger partial charge in [0, 0.05) is 56.8 Å². The minimum absolute atomic E-state index is 0.0117. The maximum Gasteiger partial charge on any atom is 0.329 e. The van der Waals surface area contributed by atoms with E-state index in [0.29, 0.717) is 69.8 Å². The second-order valence-electron chi connectivity index (χ2n) is 19.9. The van der Waals surface area contributed by atoms with E-state index in [4.69, 9.17) is 14.2 Å². The zero-order valence-electron chi connectivity index (χ0n) is 40.1. The molecule has 3 aliphatic heterocycles. The van der Waals surface area contributed by atoms with Gasteiger partial charge in [-0.15, -0.1) is 0 Å². The highest BCUT2D eigenvalue weighted by Crippen LogP contribution is 2.38. The average Bonchev–Trinajstić information content (AvgIpc) is 3.28. The first-order valence-corrected chi connectivity index (χ1v) is 24.1. The Morgan fingerprint density at radius 3 is 2.28 bits per heavy atom. The lowest BCUT2D eigenvalue weighted by atomic mass is 9.75. The van der Waals surface area contributed by atoms with E-state index in [2.05, 4.69) is 0 Å². The number of carbonyl (C=O) groups excluding carboxylic acids is 5. The van der Waals surface area contributed by atoms with Crippen LogP contribution in [0.3, 0.4) is 0 Å². The Bertz CT molecular complexity index is 1760. The molecule has 65 heavy (non-hydrogen) atoms. The van der Waals surface area contributed by atoms with Crippen molar-refractivity contribution < 1.29 is 63.7 Å². The summed E-state index contributed by atoms with van der Waals surface area (Å²) in [5.74, 6) is -9.71. The van der Waals surface area contributed by atoms with E-state index in [9.17, 15) is 49.5 Å². The molecule has 0 aromatic heterocycles. The molecule has 1 amide bonds. The van der Waals surface area contributed by atoms with Gasteiger partial charge >= 0.3 is 5.97 Å². The van der Waals surface area contributed by atoms with Gasteiger partial charge in [0.1, 0.15) is 23.7 Å². The number of amides is 1. The first-order valence-electron chi connectivity index (χ1n) is 24.1. The third kappa shape index (κ3) is 14.3. The summed E-state index contributed by atoms with van der Waals surface area (Å²) in [6.45, 7) is 11.8. The molecule has 4 rings (SSSR count). The van der Waals surface area contributed by atoms with E-state index in [1.54, 1.807) is 40.9 Å². The number of allylic oxidation sites excluding steroid dienone is 6. The molecule has 3 heterocycles. The number of ketones is 3. The van der Waals surface area contributed by atoms with Gasteiger partial charge in [0.2, 0.25) is 5.79 Å². The van der Waals surface area contributed by atoms with E-state index in [-0.39, 0.29) is 61.2 Å². The number of esters is 1. The van der Waals surface area contributed by atoms with Gasteiger partial charge in [0.25, 0.3) is 11.7 Å². The Morgan fingerprint density at radius 1 is 0.877 bits per heavy atom. The molecule has 14 nitrogen and oxygen atoms in total. The lowest BCUT2D eigenvalue weighted by molar-refractivity contribution is -0.265. The van der Waals surface area contributed by atoms with Crippen LogP contribution in [0.1, 0.15) is 126 Å². The van der Waals surface area contributed by atoms with E-state index in [1.165, 1.54) is 4.90 Å². The topological polar surface area (TPSA) is 217 Å². The largest absolute Gasteiger partial charge is 0.460 e. The summed E-state index contributed by atoms with van der Waals surface area (Å²) >= 11 is 0. The number of piperidine rings is 1. The van der Waals surface area contributed by atoms with Crippen molar-refractivity contribution in [3.8, 4) is 0 Å². The third-order valence-electron chi connectivity index (χ3n) is 14.7. The van der Waals surface area contributed by atoms with Crippen LogP contribution in [-0.4, -0.2) is 129 Å². The van der Waals surface area contributed by atoms with Crippen molar-refractivity contribution in [2.75, 3.05) is 26.9 Å². The Labute approximate surface area is 386 Å². The first-order chi connectivity index (χ1) is 30.7. The molecule has 1 aliphatic carbocycles. The van der Waals surface area contributed by atoms with Crippen molar-refractivity contribution in [1.29, 1.82) is 0 Å². The molecule has 0 radical (unpaired) electrons. The highest BCUT2D eigenvalue weighted by atomic mass is 16.6. The highest BCUT2D eigenvalue weighted by Gasteiger charge is 2.53. The van der Waals surface area contributed by atoms with Gasteiger partial charge in [-0.25, -0.2) is 4.79 Å². The van der Waals surface area contributed by atoms with Crippen LogP contribution in [0.15, 0.2) is 47.6 Å². The summed E-state index contributed by atoms with van der Waals surface area (Å²) in [6, 6.07) is -1.16. The number of methoxy groups -OCH3 is 1. The molecule has 366 valence electrons. The quantitative estimate of drug-likeness (QED) is 0.129. The number of ether oxygens (including phenoxy) is 3. The zero-order chi connectivity index (χ0) is 48.2. The fourth-order valence-corrected chi connectivity index (χ4v) is 10.3. The molecule has 0 aromatic rings. The average molecular weight is 914 g/mol. The maximum atomic E-state index is 14.3. The first kappa shape index (κ1) is 54.2. The van der Waals surface area contributed by atoms with Gasteiger partial charge in [-0.05, 0) is 107 Å². The predicted octanol–water partition coefficient (Wildman–Crippen LogP) is 5.37. The van der Waals surface area contributed by atoms with Crippen LogP contribution in [0.5, 0.6) is 0 Å². The Kier molecular flexibility index (Phi) is 21.0. The van der Waals surface area contributed by atoms with Crippen molar-refractivity contribution in [2.45, 2.75) is 168 Å². The summed E-state index contributed by atoms with van der Waals surface area (Å²) in [5.41, 5.74) is 1.21. The number of rotatable bonds is 6. The number of hydrogen-bond acceptors (Lipinski definition) is 13. The van der Waals surface area contributed by atoms with Gasteiger partial charge in [-0.2, -0.15) is 0 Å². The SMILES string of the molecule is CO[C@H]1C[C@@H]2CC[C@@H](C)[C@@](O)(O2)C(=O)C(=O)N2CCCCC2C(=O)O[C@H]([C@H](C)C[C@@H]2CC[C@@H](O)[C@H](CO)C2)CC(=O)[C@H](C)/C=C(\C)[C@@H](O)[C@@H](CO)C(=O)[C@H](C)C[C@H](C)/C=C/C=CC=C1C. The molecule has 15 atom stereocenters. The normalized spacial score (nSPS) is 39.1. The smallest absolute Gasteiger partial charge is 0.329 e. The minimum atomic E-state index is -2.44. The van der Waals surface area contributed by atoms with Crippen molar-refractivity contribution in [3.63, 3.8) is 0 Å². The number of cyclic esters (lactones) is 1. The number of hydrogen-bond donors (Lipinski definition) is 5. The van der Waals surface area contributed by atoms with Crippen molar-refractivity contribution >= 4 is 29.2 Å². The summed E-state index contributed by atoms with van der Waals surface area (Å²) in [7, 11) is 1.57. The summed E-state index contributed by atoms with van der Waals surface area (Å²) in [5, 5.41) is 54.0. The monoisotopic (exact) mass is 914 g/mol. The zero-order valence-corrected chi connectivity index (χ0v) is 40.1. The summed E-state index contributed by atoms with van der Waals surface area (Å²) < 4.78 is 18.2. The number of fused-ring (bicyclic) bond motifs is 3. The third-order valence-corrected chi connectivity index (χ3v) is 14.7. The number of aliphatic hydroxyl groups excluding tert-OH is 4. The van der Waals surface area contributed by atoms with Gasteiger partial charge < -0.3 is 44.6 Å². The molecule has 0 aromatic carbocycles. The molecule has 3 fully saturated rings.